The fourth-order valence-corrected chi connectivity index (χ4v) is 4.68. The van der Waals surface area contributed by atoms with E-state index in [0.29, 0.717) is 20.4 Å². The SMILES string of the molecule is CN([C@H](CCn1c(=O)cc(C(F)(F)F)[nH]c1=O)C(=O)NO)S(=O)(=O)c1ccc(Oc2ccccc2)cc1. The van der Waals surface area contributed by atoms with E-state index in [-0.39, 0.29) is 11.0 Å². The van der Waals surface area contributed by atoms with Crippen molar-refractivity contribution in [1.82, 2.24) is 19.3 Å². The second-order valence-corrected chi connectivity index (χ2v) is 9.66. The third-order valence-corrected chi connectivity index (χ3v) is 7.16. The van der Waals surface area contributed by atoms with Crippen molar-refractivity contribution in [3.05, 3.63) is 87.2 Å². The number of nitrogens with zero attached hydrogens (tertiary/aromatic N) is 2. The fourth-order valence-electron chi connectivity index (χ4n) is 3.33. The zero-order valence-electron chi connectivity index (χ0n) is 19.1. The van der Waals surface area contributed by atoms with Gasteiger partial charge in [0.05, 0.1) is 4.90 Å². The van der Waals surface area contributed by atoms with Crippen LogP contribution in [0.1, 0.15) is 12.1 Å². The van der Waals surface area contributed by atoms with Gasteiger partial charge >= 0.3 is 11.9 Å². The number of hydrogen-bond acceptors (Lipinski definition) is 7. The van der Waals surface area contributed by atoms with Crippen LogP contribution in [0.4, 0.5) is 13.2 Å². The molecule has 0 saturated carbocycles. The van der Waals surface area contributed by atoms with Gasteiger partial charge in [0.1, 0.15) is 23.2 Å². The molecular formula is C22H21F3N4O7S. The van der Waals surface area contributed by atoms with Gasteiger partial charge in [-0.05, 0) is 42.8 Å². The number of ether oxygens (including phenoxy) is 1. The molecule has 0 radical (unpaired) electrons. The summed E-state index contributed by atoms with van der Waals surface area (Å²) < 4.78 is 71.2. The van der Waals surface area contributed by atoms with Crippen molar-refractivity contribution in [3.8, 4) is 11.5 Å². The van der Waals surface area contributed by atoms with E-state index in [4.69, 9.17) is 9.94 Å². The minimum absolute atomic E-state index is 0.169. The van der Waals surface area contributed by atoms with Gasteiger partial charge in [0, 0.05) is 19.7 Å². The highest BCUT2D eigenvalue weighted by atomic mass is 32.2. The van der Waals surface area contributed by atoms with Gasteiger partial charge in [-0.1, -0.05) is 18.2 Å². The van der Waals surface area contributed by atoms with Crippen LogP contribution in [0.25, 0.3) is 0 Å². The lowest BCUT2D eigenvalue weighted by Gasteiger charge is -2.26. The summed E-state index contributed by atoms with van der Waals surface area (Å²) in [5.74, 6) is -0.340. The molecule has 0 bridgehead atoms. The van der Waals surface area contributed by atoms with E-state index in [1.807, 2.05) is 0 Å². The zero-order chi connectivity index (χ0) is 27.4. The second-order valence-electron chi connectivity index (χ2n) is 7.66. The number of amides is 1. The number of para-hydroxylation sites is 1. The van der Waals surface area contributed by atoms with E-state index >= 15 is 0 Å². The summed E-state index contributed by atoms with van der Waals surface area (Å²) in [6, 6.07) is 12.4. The van der Waals surface area contributed by atoms with Crippen molar-refractivity contribution < 1.29 is 36.3 Å². The minimum Gasteiger partial charge on any atom is -0.457 e. The first kappa shape index (κ1) is 27.6. The number of hydroxylamine groups is 1. The zero-order valence-corrected chi connectivity index (χ0v) is 19.9. The number of nitrogens with one attached hydrogen (secondary N) is 2. The molecule has 0 aliphatic rings. The number of aromatic nitrogens is 2. The number of sulfonamides is 1. The van der Waals surface area contributed by atoms with Crippen LogP contribution < -0.4 is 21.5 Å². The van der Waals surface area contributed by atoms with Gasteiger partial charge in [0.25, 0.3) is 11.5 Å². The number of H-pyrrole nitrogens is 1. The Morgan fingerprint density at radius 3 is 2.24 bits per heavy atom. The number of hydrogen-bond donors (Lipinski definition) is 3. The van der Waals surface area contributed by atoms with Crippen LogP contribution in [0.3, 0.4) is 0 Å². The molecule has 0 fully saturated rings. The molecule has 1 heterocycles. The summed E-state index contributed by atoms with van der Waals surface area (Å²) in [7, 11) is -3.32. The maximum atomic E-state index is 13.1. The molecule has 1 amide bonds. The smallest absolute Gasteiger partial charge is 0.431 e. The minimum atomic E-state index is -4.97. The monoisotopic (exact) mass is 542 g/mol. The molecule has 15 heteroatoms. The molecule has 198 valence electrons. The van der Waals surface area contributed by atoms with Gasteiger partial charge in [0.15, 0.2) is 0 Å². The summed E-state index contributed by atoms with van der Waals surface area (Å²) in [6.45, 7) is -0.631. The van der Waals surface area contributed by atoms with Crippen molar-refractivity contribution in [2.24, 2.45) is 0 Å². The number of rotatable bonds is 9. The van der Waals surface area contributed by atoms with E-state index < -0.39 is 58.1 Å². The number of alkyl halides is 3. The quantitative estimate of drug-likeness (QED) is 0.276. The Labute approximate surface area is 207 Å². The van der Waals surface area contributed by atoms with E-state index in [1.54, 1.807) is 30.3 Å². The standard InChI is InChI=1S/C22H21F3N4O7S/c1-28(37(34,35)16-9-7-15(8-10-16)36-14-5-3-2-4-6-14)17(20(31)27-33)11-12-29-19(30)13-18(22(23,24)25)26-21(29)32/h2-10,13,17,33H,11-12H2,1H3,(H,26,32)(H,27,31)/t17-/m1/s1. The van der Waals surface area contributed by atoms with Gasteiger partial charge in [0.2, 0.25) is 10.0 Å². The largest absolute Gasteiger partial charge is 0.457 e. The maximum absolute atomic E-state index is 13.1. The van der Waals surface area contributed by atoms with Crippen molar-refractivity contribution in [2.45, 2.75) is 30.1 Å². The van der Waals surface area contributed by atoms with E-state index in [0.717, 1.165) is 7.05 Å². The Morgan fingerprint density at radius 2 is 1.70 bits per heavy atom. The number of carbonyl (C=O) groups excluding carboxylic acids is 1. The first-order valence-corrected chi connectivity index (χ1v) is 11.9. The lowest BCUT2D eigenvalue weighted by atomic mass is 10.2. The molecule has 0 spiro atoms. The number of likely N-dealkylation sites (N-methyl/N-ethyl adjacent to an activating group) is 1. The molecule has 3 N–H and O–H groups in total. The number of benzene rings is 2. The second kappa shape index (κ2) is 11.0. The third-order valence-electron chi connectivity index (χ3n) is 5.28. The predicted molar refractivity (Wildman–Crippen MR) is 123 cm³/mol. The third kappa shape index (κ3) is 6.44. The molecule has 0 aliphatic heterocycles. The van der Waals surface area contributed by atoms with Crippen molar-refractivity contribution in [2.75, 3.05) is 7.05 Å². The Bertz CT molecular complexity index is 1440. The molecule has 37 heavy (non-hydrogen) atoms. The topological polar surface area (TPSA) is 151 Å². The van der Waals surface area contributed by atoms with E-state index in [9.17, 15) is 36.0 Å². The van der Waals surface area contributed by atoms with E-state index in [2.05, 4.69) is 0 Å². The summed E-state index contributed by atoms with van der Waals surface area (Å²) >= 11 is 0. The van der Waals surface area contributed by atoms with Gasteiger partial charge in [-0.15, -0.1) is 0 Å². The van der Waals surface area contributed by atoms with Gasteiger partial charge in [-0.3, -0.25) is 19.4 Å². The molecule has 11 nitrogen and oxygen atoms in total. The summed E-state index contributed by atoms with van der Waals surface area (Å²) in [6.07, 6.45) is -5.50. The highest BCUT2D eigenvalue weighted by Gasteiger charge is 2.35. The lowest BCUT2D eigenvalue weighted by molar-refractivity contribution is -0.141. The van der Waals surface area contributed by atoms with Crippen LogP contribution in [-0.4, -0.2) is 46.5 Å². The Hall–Kier alpha value is -3.95. The summed E-state index contributed by atoms with van der Waals surface area (Å²) in [5, 5.41) is 9.10. The average Bonchev–Trinajstić information content (AvgIpc) is 2.85. The molecule has 2 aromatic carbocycles. The van der Waals surface area contributed by atoms with Crippen LogP contribution in [0.15, 0.2) is 75.1 Å². The van der Waals surface area contributed by atoms with Crippen molar-refractivity contribution >= 4 is 15.9 Å². The van der Waals surface area contributed by atoms with Gasteiger partial charge in [-0.2, -0.15) is 17.5 Å². The number of carbonyl (C=O) groups is 1. The first-order chi connectivity index (χ1) is 17.3. The molecule has 0 unspecified atom stereocenters. The number of halogens is 3. The first-order valence-electron chi connectivity index (χ1n) is 10.5. The molecule has 3 rings (SSSR count). The molecule has 3 aromatic rings. The maximum Gasteiger partial charge on any atom is 0.431 e. The highest BCUT2D eigenvalue weighted by Crippen LogP contribution is 2.26. The molecular weight excluding hydrogens is 521 g/mol. The fraction of sp³-hybridized carbons (Fsp3) is 0.227. The van der Waals surface area contributed by atoms with Gasteiger partial charge in [-0.25, -0.2) is 18.7 Å². The van der Waals surface area contributed by atoms with Crippen LogP contribution in [0.2, 0.25) is 0 Å². The van der Waals surface area contributed by atoms with Crippen LogP contribution in [0, 0.1) is 0 Å². The van der Waals surface area contributed by atoms with Crippen LogP contribution >= 0.6 is 0 Å². The van der Waals surface area contributed by atoms with Crippen LogP contribution in [0.5, 0.6) is 11.5 Å². The van der Waals surface area contributed by atoms with Gasteiger partial charge < -0.3 is 9.72 Å². The lowest BCUT2D eigenvalue weighted by Crippen LogP contribution is -2.48. The normalized spacial score (nSPS) is 12.8. The highest BCUT2D eigenvalue weighted by molar-refractivity contribution is 7.89. The summed E-state index contributed by atoms with van der Waals surface area (Å²) in [5.41, 5.74) is -2.95. The Kier molecular flexibility index (Phi) is 8.20. The molecule has 0 aliphatic carbocycles. The van der Waals surface area contributed by atoms with Crippen molar-refractivity contribution in [1.29, 1.82) is 0 Å². The Balaban J connectivity index is 1.82. The molecule has 1 atom stereocenters. The molecule has 1 aromatic heterocycles. The Morgan fingerprint density at radius 1 is 1.11 bits per heavy atom. The summed E-state index contributed by atoms with van der Waals surface area (Å²) in [4.78, 5) is 37.6. The predicted octanol–water partition coefficient (Wildman–Crippen LogP) is 1.93. The van der Waals surface area contributed by atoms with Crippen LogP contribution in [-0.2, 0) is 27.5 Å². The average molecular weight is 542 g/mol. The number of aromatic amines is 1. The van der Waals surface area contributed by atoms with Crippen molar-refractivity contribution in [3.63, 3.8) is 0 Å². The van der Waals surface area contributed by atoms with E-state index in [1.165, 1.54) is 34.7 Å². The molecule has 0 saturated heterocycles.